The summed E-state index contributed by atoms with van der Waals surface area (Å²) in [6.45, 7) is -0.419. The number of nitrogen functional groups attached to an aromatic ring is 1. The Balaban J connectivity index is 1.66. The van der Waals surface area contributed by atoms with Gasteiger partial charge in [0.2, 0.25) is 5.95 Å². The van der Waals surface area contributed by atoms with Crippen LogP contribution in [0.5, 0.6) is 0 Å². The predicted molar refractivity (Wildman–Crippen MR) is 104 cm³/mol. The third-order valence-electron chi connectivity index (χ3n) is 4.52. The van der Waals surface area contributed by atoms with Crippen molar-refractivity contribution in [2.45, 2.75) is 35.3 Å². The molecule has 3 heterocycles. The largest absolute Gasteiger partial charge is 0.394 e. The molecule has 9 nitrogen and oxygen atoms in total. The molecule has 1 fully saturated rings. The average Bonchev–Trinajstić information content (AvgIpc) is 3.22. The number of aliphatic hydroxyl groups is 3. The number of aliphatic hydroxyl groups excluding tert-OH is 3. The van der Waals surface area contributed by atoms with Gasteiger partial charge in [-0.1, -0.05) is 41.6 Å². The average molecular weight is 424 g/mol. The Labute approximate surface area is 169 Å². The fourth-order valence-electron chi connectivity index (χ4n) is 3.06. The second kappa shape index (κ2) is 7.82. The number of imidazole rings is 1. The second-order valence-electron chi connectivity index (χ2n) is 6.32. The minimum absolute atomic E-state index is 0.0441. The van der Waals surface area contributed by atoms with Gasteiger partial charge in [-0.2, -0.15) is 4.98 Å². The monoisotopic (exact) mass is 423 g/mol. The van der Waals surface area contributed by atoms with Crippen molar-refractivity contribution < 1.29 is 20.1 Å². The summed E-state index contributed by atoms with van der Waals surface area (Å²) in [6.07, 6.45) is -2.87. The number of anilines is 1. The van der Waals surface area contributed by atoms with Gasteiger partial charge in [0.15, 0.2) is 11.9 Å². The molecule has 4 rings (SSSR count). The lowest BCUT2D eigenvalue weighted by Crippen LogP contribution is -2.33. The fraction of sp³-hybridized carbons (Fsp3) is 0.353. The molecule has 28 heavy (non-hydrogen) atoms. The van der Waals surface area contributed by atoms with Gasteiger partial charge in [0.25, 0.3) is 0 Å². The molecule has 0 amide bonds. The van der Waals surface area contributed by atoms with E-state index in [0.29, 0.717) is 27.0 Å². The highest BCUT2D eigenvalue weighted by atomic mass is 35.5. The van der Waals surface area contributed by atoms with Crippen molar-refractivity contribution in [3.63, 3.8) is 0 Å². The number of nitrogens with zero attached hydrogens (tertiary/aromatic N) is 4. The van der Waals surface area contributed by atoms with Crippen LogP contribution < -0.4 is 5.73 Å². The zero-order valence-corrected chi connectivity index (χ0v) is 16.1. The summed E-state index contributed by atoms with van der Waals surface area (Å²) in [5, 5.41) is 30.8. The molecule has 1 aliphatic heterocycles. The molecule has 2 aromatic heterocycles. The summed E-state index contributed by atoms with van der Waals surface area (Å²) in [6, 6.07) is 7.51. The summed E-state index contributed by atoms with van der Waals surface area (Å²) >= 11 is 7.62. The van der Waals surface area contributed by atoms with Gasteiger partial charge in [-0.25, -0.2) is 9.97 Å². The molecule has 1 saturated heterocycles. The highest BCUT2D eigenvalue weighted by molar-refractivity contribution is 7.98. The SMILES string of the molecule is Nc1nc(SCc2ccccc2Cl)c2ncn(C3OC(CO)C(O)C3O)c2n1. The maximum atomic E-state index is 10.3. The van der Waals surface area contributed by atoms with E-state index in [9.17, 15) is 15.3 Å². The number of benzene rings is 1. The van der Waals surface area contributed by atoms with E-state index in [0.717, 1.165) is 5.56 Å². The summed E-state index contributed by atoms with van der Waals surface area (Å²) < 4.78 is 7.04. The highest BCUT2D eigenvalue weighted by Gasteiger charge is 2.44. The van der Waals surface area contributed by atoms with Crippen molar-refractivity contribution in [3.8, 4) is 0 Å². The normalized spacial score (nSPS) is 24.9. The first-order valence-electron chi connectivity index (χ1n) is 8.48. The van der Waals surface area contributed by atoms with Gasteiger partial charge in [-0.05, 0) is 11.6 Å². The summed E-state index contributed by atoms with van der Waals surface area (Å²) in [7, 11) is 0. The molecule has 5 N–H and O–H groups in total. The van der Waals surface area contributed by atoms with Crippen molar-refractivity contribution in [1.82, 2.24) is 19.5 Å². The Hall–Kier alpha value is -1.95. The smallest absolute Gasteiger partial charge is 0.223 e. The maximum absolute atomic E-state index is 10.3. The van der Waals surface area contributed by atoms with E-state index in [4.69, 9.17) is 22.1 Å². The summed E-state index contributed by atoms with van der Waals surface area (Å²) in [5.74, 6) is 0.606. The van der Waals surface area contributed by atoms with E-state index in [1.807, 2.05) is 24.3 Å². The lowest BCUT2D eigenvalue weighted by Gasteiger charge is -2.16. The van der Waals surface area contributed by atoms with Crippen LogP contribution in [0, 0.1) is 0 Å². The Morgan fingerprint density at radius 1 is 1.21 bits per heavy atom. The standard InChI is InChI=1S/C17H18ClN5O4S/c18-9-4-2-1-3-8(9)6-28-15-11-14(21-17(19)22-15)23(7-20-11)16-13(26)12(25)10(5-24)27-16/h1-4,7,10,12-13,16,24-26H,5-6H2,(H2,19,21,22). The molecule has 148 valence electrons. The van der Waals surface area contributed by atoms with Crippen LogP contribution >= 0.6 is 23.4 Å². The van der Waals surface area contributed by atoms with Crippen LogP contribution in [0.15, 0.2) is 35.6 Å². The molecule has 0 spiro atoms. The van der Waals surface area contributed by atoms with Crippen LogP contribution in [0.4, 0.5) is 5.95 Å². The number of hydrogen-bond donors (Lipinski definition) is 4. The predicted octanol–water partition coefficient (Wildman–Crippen LogP) is 0.966. The van der Waals surface area contributed by atoms with E-state index in [-0.39, 0.29) is 5.95 Å². The molecular weight excluding hydrogens is 406 g/mol. The molecule has 0 saturated carbocycles. The first-order valence-corrected chi connectivity index (χ1v) is 9.84. The van der Waals surface area contributed by atoms with Crippen molar-refractivity contribution in [1.29, 1.82) is 0 Å². The summed E-state index contributed by atoms with van der Waals surface area (Å²) in [4.78, 5) is 12.8. The molecular formula is C17H18ClN5O4S. The van der Waals surface area contributed by atoms with Gasteiger partial charge < -0.3 is 25.8 Å². The van der Waals surface area contributed by atoms with Gasteiger partial charge in [-0.3, -0.25) is 4.57 Å². The molecule has 0 bridgehead atoms. The van der Waals surface area contributed by atoms with Gasteiger partial charge in [0, 0.05) is 10.8 Å². The number of halogens is 1. The van der Waals surface area contributed by atoms with E-state index in [1.54, 1.807) is 0 Å². The van der Waals surface area contributed by atoms with Crippen LogP contribution in [-0.4, -0.2) is 59.8 Å². The van der Waals surface area contributed by atoms with Crippen LogP contribution in [0.2, 0.25) is 5.02 Å². The molecule has 1 aliphatic rings. The first-order chi connectivity index (χ1) is 13.5. The molecule has 0 radical (unpaired) electrons. The first kappa shape index (κ1) is 19.4. The van der Waals surface area contributed by atoms with Crippen LogP contribution in [0.25, 0.3) is 11.2 Å². The lowest BCUT2D eigenvalue weighted by molar-refractivity contribution is -0.0511. The molecule has 4 unspecified atom stereocenters. The van der Waals surface area contributed by atoms with E-state index in [1.165, 1.54) is 22.7 Å². The lowest BCUT2D eigenvalue weighted by atomic mass is 10.1. The highest BCUT2D eigenvalue weighted by Crippen LogP contribution is 2.34. The third kappa shape index (κ3) is 3.43. The van der Waals surface area contributed by atoms with Crippen molar-refractivity contribution >= 4 is 40.5 Å². The van der Waals surface area contributed by atoms with Crippen molar-refractivity contribution in [2.24, 2.45) is 0 Å². The minimum atomic E-state index is -1.25. The molecule has 0 aliphatic carbocycles. The van der Waals surface area contributed by atoms with Crippen molar-refractivity contribution in [3.05, 3.63) is 41.2 Å². The molecule has 11 heteroatoms. The van der Waals surface area contributed by atoms with Gasteiger partial charge in [-0.15, -0.1) is 0 Å². The van der Waals surface area contributed by atoms with Gasteiger partial charge in [0.1, 0.15) is 28.9 Å². The van der Waals surface area contributed by atoms with Crippen LogP contribution in [0.1, 0.15) is 11.8 Å². The van der Waals surface area contributed by atoms with Gasteiger partial charge in [0.05, 0.1) is 12.9 Å². The molecule has 4 atom stereocenters. The maximum Gasteiger partial charge on any atom is 0.223 e. The topological polar surface area (TPSA) is 140 Å². The van der Waals surface area contributed by atoms with Crippen LogP contribution in [-0.2, 0) is 10.5 Å². The molecule has 3 aromatic rings. The Bertz CT molecular complexity index is 1000. The number of aromatic nitrogens is 4. The number of ether oxygens (including phenoxy) is 1. The van der Waals surface area contributed by atoms with E-state index >= 15 is 0 Å². The zero-order valence-electron chi connectivity index (χ0n) is 14.5. The second-order valence-corrected chi connectivity index (χ2v) is 7.69. The third-order valence-corrected chi connectivity index (χ3v) is 5.90. The minimum Gasteiger partial charge on any atom is -0.394 e. The Kier molecular flexibility index (Phi) is 5.41. The Morgan fingerprint density at radius 2 is 2.00 bits per heavy atom. The van der Waals surface area contributed by atoms with Crippen LogP contribution in [0.3, 0.4) is 0 Å². The zero-order chi connectivity index (χ0) is 19.8. The number of nitrogens with two attached hydrogens (primary N) is 1. The fourth-order valence-corrected chi connectivity index (χ4v) is 4.33. The summed E-state index contributed by atoms with van der Waals surface area (Å²) in [5.41, 5.74) is 7.67. The molecule has 1 aromatic carbocycles. The van der Waals surface area contributed by atoms with Crippen molar-refractivity contribution in [2.75, 3.05) is 12.3 Å². The quantitative estimate of drug-likeness (QED) is 0.349. The number of thioether (sulfide) groups is 1. The number of fused-ring (bicyclic) bond motifs is 1. The van der Waals surface area contributed by atoms with E-state index < -0.39 is 31.1 Å². The van der Waals surface area contributed by atoms with Gasteiger partial charge >= 0.3 is 0 Å². The van der Waals surface area contributed by atoms with E-state index in [2.05, 4.69) is 15.0 Å². The number of hydrogen-bond acceptors (Lipinski definition) is 9. The number of rotatable bonds is 5. The Morgan fingerprint density at radius 3 is 2.71 bits per heavy atom.